The summed E-state index contributed by atoms with van der Waals surface area (Å²) in [6, 6.07) is 4.93. The summed E-state index contributed by atoms with van der Waals surface area (Å²) in [7, 11) is 0. The number of hydrogen-bond acceptors (Lipinski definition) is 2. The largest absolute Gasteiger partial charge is 0.423 e. The summed E-state index contributed by atoms with van der Waals surface area (Å²) < 4.78 is 57.1. The van der Waals surface area contributed by atoms with Crippen LogP contribution in [0.15, 0.2) is 30.3 Å². The molecule has 0 atom stereocenters. The van der Waals surface area contributed by atoms with Gasteiger partial charge in [-0.2, -0.15) is 0 Å². The second-order valence-electron chi connectivity index (χ2n) is 4.26. The van der Waals surface area contributed by atoms with Gasteiger partial charge in [-0.1, -0.05) is 13.0 Å². The van der Waals surface area contributed by atoms with Gasteiger partial charge >= 0.3 is 5.97 Å². The van der Waals surface area contributed by atoms with Crippen molar-refractivity contribution < 1.29 is 27.1 Å². The molecule has 2 rings (SSSR count). The van der Waals surface area contributed by atoms with Crippen molar-refractivity contribution in [3.63, 3.8) is 0 Å². The van der Waals surface area contributed by atoms with Crippen molar-refractivity contribution in [2.45, 2.75) is 13.3 Å². The van der Waals surface area contributed by atoms with Crippen LogP contribution in [0, 0.1) is 23.3 Å². The summed E-state index contributed by atoms with van der Waals surface area (Å²) >= 11 is 0. The van der Waals surface area contributed by atoms with E-state index in [4.69, 9.17) is 0 Å². The third kappa shape index (κ3) is 3.21. The van der Waals surface area contributed by atoms with Crippen LogP contribution in [0.25, 0.3) is 0 Å². The van der Waals surface area contributed by atoms with Crippen molar-refractivity contribution in [3.05, 3.63) is 64.7 Å². The van der Waals surface area contributed by atoms with Gasteiger partial charge in [-0.25, -0.2) is 22.4 Å². The van der Waals surface area contributed by atoms with E-state index in [-0.39, 0.29) is 5.56 Å². The Hall–Kier alpha value is -2.37. The third-order valence-corrected chi connectivity index (χ3v) is 2.83. The molecular weight excluding hydrogens is 288 g/mol. The maximum atomic E-state index is 13.7. The van der Waals surface area contributed by atoms with Crippen LogP contribution >= 0.6 is 0 Å². The highest BCUT2D eigenvalue weighted by atomic mass is 19.2. The van der Waals surface area contributed by atoms with Crippen LogP contribution in [0.4, 0.5) is 17.6 Å². The fourth-order valence-corrected chi connectivity index (χ4v) is 1.70. The van der Waals surface area contributed by atoms with Gasteiger partial charge in [0.15, 0.2) is 17.5 Å². The topological polar surface area (TPSA) is 26.3 Å². The molecule has 6 heteroatoms. The zero-order valence-electron chi connectivity index (χ0n) is 10.9. The zero-order chi connectivity index (χ0) is 15.6. The maximum absolute atomic E-state index is 13.7. The van der Waals surface area contributed by atoms with Crippen molar-refractivity contribution in [2.75, 3.05) is 0 Å². The molecule has 0 bridgehead atoms. The zero-order valence-corrected chi connectivity index (χ0v) is 10.9. The second-order valence-corrected chi connectivity index (χ2v) is 4.26. The molecule has 0 unspecified atom stereocenters. The quantitative estimate of drug-likeness (QED) is 0.370. The number of esters is 1. The average molecular weight is 298 g/mol. The van der Waals surface area contributed by atoms with Crippen LogP contribution in [0.5, 0.6) is 5.75 Å². The molecule has 0 spiro atoms. The molecular formula is C15H10F4O2. The lowest BCUT2D eigenvalue weighted by Gasteiger charge is -2.07. The third-order valence-electron chi connectivity index (χ3n) is 2.83. The molecule has 0 N–H and O–H groups in total. The molecule has 2 nitrogen and oxygen atoms in total. The van der Waals surface area contributed by atoms with E-state index < -0.39 is 35.0 Å². The van der Waals surface area contributed by atoms with Gasteiger partial charge < -0.3 is 4.74 Å². The van der Waals surface area contributed by atoms with Crippen molar-refractivity contribution in [1.29, 1.82) is 0 Å². The molecule has 21 heavy (non-hydrogen) atoms. The van der Waals surface area contributed by atoms with E-state index in [0.29, 0.717) is 24.1 Å². The van der Waals surface area contributed by atoms with E-state index in [1.165, 1.54) is 18.2 Å². The van der Waals surface area contributed by atoms with Crippen molar-refractivity contribution in [3.8, 4) is 5.75 Å². The van der Waals surface area contributed by atoms with Gasteiger partial charge in [-0.05, 0) is 24.1 Å². The minimum atomic E-state index is -1.67. The smallest absolute Gasteiger partial charge is 0.346 e. The molecule has 2 aromatic rings. The van der Waals surface area contributed by atoms with Gasteiger partial charge in [0, 0.05) is 12.1 Å². The van der Waals surface area contributed by atoms with Gasteiger partial charge in [-0.15, -0.1) is 0 Å². The number of hydrogen-bond donors (Lipinski definition) is 0. The first-order valence-electron chi connectivity index (χ1n) is 6.07. The molecule has 0 saturated carbocycles. The molecule has 0 aromatic heterocycles. The Kier molecular flexibility index (Phi) is 4.26. The van der Waals surface area contributed by atoms with E-state index in [0.717, 1.165) is 0 Å². The van der Waals surface area contributed by atoms with E-state index in [1.807, 2.05) is 6.92 Å². The molecule has 0 aliphatic heterocycles. The molecule has 0 heterocycles. The normalized spacial score (nSPS) is 10.5. The first kappa shape index (κ1) is 15.0. The van der Waals surface area contributed by atoms with Gasteiger partial charge in [-0.3, -0.25) is 0 Å². The maximum Gasteiger partial charge on any atom is 0.346 e. The summed E-state index contributed by atoms with van der Waals surface area (Å²) in [4.78, 5) is 11.7. The predicted octanol–water partition coefficient (Wildman–Crippen LogP) is 4.02. The first-order valence-corrected chi connectivity index (χ1v) is 6.07. The number of ether oxygens (including phenoxy) is 1. The standard InChI is InChI=1S/C15H10F4O2/c1-2-8-3-4-10(11(16)5-8)15(20)21-9-6-12(17)14(19)13(18)7-9/h3-7H,2H2,1H3. The number of carbonyl (C=O) groups excluding carboxylic acids is 1. The SMILES string of the molecule is CCc1ccc(C(=O)Oc2cc(F)c(F)c(F)c2)c(F)c1. The fraction of sp³-hybridized carbons (Fsp3) is 0.133. The predicted molar refractivity (Wildman–Crippen MR) is 67.1 cm³/mol. The van der Waals surface area contributed by atoms with Crippen molar-refractivity contribution in [1.82, 2.24) is 0 Å². The lowest BCUT2D eigenvalue weighted by molar-refractivity contribution is 0.0728. The molecule has 0 saturated heterocycles. The summed E-state index contributed by atoms with van der Waals surface area (Å²) in [6.45, 7) is 1.82. The van der Waals surface area contributed by atoms with Crippen LogP contribution < -0.4 is 4.74 Å². The van der Waals surface area contributed by atoms with E-state index in [1.54, 1.807) is 0 Å². The number of halogens is 4. The lowest BCUT2D eigenvalue weighted by Crippen LogP contribution is -2.11. The van der Waals surface area contributed by atoms with E-state index in [2.05, 4.69) is 4.74 Å². The molecule has 0 fully saturated rings. The average Bonchev–Trinajstić information content (AvgIpc) is 2.44. The van der Waals surface area contributed by atoms with Crippen LogP contribution in [0.1, 0.15) is 22.8 Å². The number of carbonyl (C=O) groups is 1. The number of rotatable bonds is 3. The van der Waals surface area contributed by atoms with Crippen LogP contribution in [-0.4, -0.2) is 5.97 Å². The summed E-state index contributed by atoms with van der Waals surface area (Å²) in [5.41, 5.74) is 0.306. The van der Waals surface area contributed by atoms with E-state index >= 15 is 0 Å². The minimum absolute atomic E-state index is 0.377. The van der Waals surface area contributed by atoms with Gasteiger partial charge in [0.1, 0.15) is 11.6 Å². The summed E-state index contributed by atoms with van der Waals surface area (Å²) in [5, 5.41) is 0. The molecule has 0 amide bonds. The van der Waals surface area contributed by atoms with Gasteiger partial charge in [0.2, 0.25) is 0 Å². The Morgan fingerprint density at radius 3 is 2.14 bits per heavy atom. The van der Waals surface area contributed by atoms with Crippen LogP contribution in [0.2, 0.25) is 0 Å². The van der Waals surface area contributed by atoms with Crippen LogP contribution in [0.3, 0.4) is 0 Å². The summed E-state index contributed by atoms with van der Waals surface area (Å²) in [6.07, 6.45) is 0.584. The highest BCUT2D eigenvalue weighted by molar-refractivity contribution is 5.91. The number of aryl methyl sites for hydroxylation is 1. The van der Waals surface area contributed by atoms with Crippen molar-refractivity contribution >= 4 is 5.97 Å². The van der Waals surface area contributed by atoms with Gasteiger partial charge in [0.25, 0.3) is 0 Å². The Labute approximate surface area is 118 Å². The fourth-order valence-electron chi connectivity index (χ4n) is 1.70. The van der Waals surface area contributed by atoms with Crippen LogP contribution in [-0.2, 0) is 6.42 Å². The minimum Gasteiger partial charge on any atom is -0.423 e. The first-order chi connectivity index (χ1) is 9.92. The molecule has 2 aromatic carbocycles. The Balaban J connectivity index is 2.26. The van der Waals surface area contributed by atoms with Crippen molar-refractivity contribution in [2.24, 2.45) is 0 Å². The summed E-state index contributed by atoms with van der Waals surface area (Å²) in [5.74, 6) is -7.15. The monoisotopic (exact) mass is 298 g/mol. The molecule has 0 aliphatic rings. The lowest BCUT2D eigenvalue weighted by atomic mass is 10.1. The highest BCUT2D eigenvalue weighted by Crippen LogP contribution is 2.21. The van der Waals surface area contributed by atoms with E-state index in [9.17, 15) is 22.4 Å². The Bertz CT molecular complexity index is 675. The highest BCUT2D eigenvalue weighted by Gasteiger charge is 2.17. The molecule has 0 aliphatic carbocycles. The Morgan fingerprint density at radius 2 is 1.62 bits per heavy atom. The van der Waals surface area contributed by atoms with Gasteiger partial charge in [0.05, 0.1) is 5.56 Å². The Morgan fingerprint density at radius 1 is 1.00 bits per heavy atom. The second kappa shape index (κ2) is 5.95. The molecule has 110 valence electrons. The molecule has 0 radical (unpaired) electrons. The number of benzene rings is 2.